The van der Waals surface area contributed by atoms with Crippen molar-refractivity contribution >= 4 is 27.0 Å². The van der Waals surface area contributed by atoms with Crippen LogP contribution in [-0.2, 0) is 16.6 Å². The molecule has 9 heteroatoms. The first-order valence-electron chi connectivity index (χ1n) is 8.60. The normalized spacial score (nSPS) is 13.8. The van der Waals surface area contributed by atoms with Gasteiger partial charge in [-0.1, -0.05) is 30.3 Å². The average molecular weight is 392 g/mol. The number of anilines is 2. The van der Waals surface area contributed by atoms with Crippen LogP contribution in [-0.4, -0.2) is 22.8 Å². The highest BCUT2D eigenvalue weighted by Crippen LogP contribution is 2.33. The Balaban J connectivity index is 1.62. The number of sulfonamides is 1. The summed E-state index contributed by atoms with van der Waals surface area (Å²) >= 11 is 0. The van der Waals surface area contributed by atoms with E-state index in [1.165, 1.54) is 10.6 Å². The predicted octanol–water partition coefficient (Wildman–Crippen LogP) is 2.19. The monoisotopic (exact) mass is 392 g/mol. The first-order valence-corrected chi connectivity index (χ1v) is 10.0. The van der Waals surface area contributed by atoms with Crippen molar-refractivity contribution in [2.45, 2.75) is 11.6 Å². The summed E-state index contributed by atoms with van der Waals surface area (Å²) in [4.78, 5) is 8.62. The van der Waals surface area contributed by atoms with Gasteiger partial charge in [0.25, 0.3) is 10.0 Å². The Bertz CT molecular complexity index is 1300. The first kappa shape index (κ1) is 16.7. The summed E-state index contributed by atoms with van der Waals surface area (Å²) in [6, 6.07) is 14.9. The van der Waals surface area contributed by atoms with Crippen molar-refractivity contribution in [2.75, 3.05) is 10.1 Å². The van der Waals surface area contributed by atoms with Crippen molar-refractivity contribution < 1.29 is 8.42 Å². The summed E-state index contributed by atoms with van der Waals surface area (Å²) in [5, 5.41) is 0.0280. The molecule has 0 saturated carbocycles. The van der Waals surface area contributed by atoms with Gasteiger partial charge in [-0.25, -0.2) is 10.4 Å². The minimum Gasteiger partial charge on any atom is -0.398 e. The second-order valence-electron chi connectivity index (χ2n) is 6.45. The lowest BCUT2D eigenvalue weighted by Gasteiger charge is -2.19. The van der Waals surface area contributed by atoms with Crippen molar-refractivity contribution in [1.29, 1.82) is 0 Å². The Morgan fingerprint density at radius 3 is 2.64 bits per heavy atom. The number of hydrogen-bond donors (Lipinski definition) is 2. The van der Waals surface area contributed by atoms with E-state index in [-0.39, 0.29) is 5.03 Å². The highest BCUT2D eigenvalue weighted by atomic mass is 32.2. The SMILES string of the molecule is Nc1ccc2ncc(S(=O)(=O)N3NCc4ncc(-c5ccccc5)cc43)n2c1. The number of nitrogens with one attached hydrogen (secondary N) is 1. The Morgan fingerprint density at radius 2 is 1.82 bits per heavy atom. The zero-order chi connectivity index (χ0) is 19.3. The lowest BCUT2D eigenvalue weighted by molar-refractivity contribution is 0.577. The molecule has 1 aromatic carbocycles. The molecule has 0 bridgehead atoms. The molecule has 8 nitrogen and oxygen atoms in total. The number of hydrogen-bond acceptors (Lipinski definition) is 6. The summed E-state index contributed by atoms with van der Waals surface area (Å²) in [6.45, 7) is 0.322. The Kier molecular flexibility index (Phi) is 3.61. The van der Waals surface area contributed by atoms with E-state index in [9.17, 15) is 8.42 Å². The third-order valence-electron chi connectivity index (χ3n) is 4.66. The molecule has 4 heterocycles. The fraction of sp³-hybridized carbons (Fsp3) is 0.0526. The topological polar surface area (TPSA) is 106 Å². The molecule has 5 rings (SSSR count). The smallest absolute Gasteiger partial charge is 0.295 e. The van der Waals surface area contributed by atoms with Gasteiger partial charge in [-0.3, -0.25) is 9.38 Å². The molecule has 0 aliphatic carbocycles. The van der Waals surface area contributed by atoms with E-state index in [2.05, 4.69) is 15.4 Å². The highest BCUT2D eigenvalue weighted by Gasteiger charge is 2.34. The Morgan fingerprint density at radius 1 is 1.00 bits per heavy atom. The fourth-order valence-corrected chi connectivity index (χ4v) is 4.71. The highest BCUT2D eigenvalue weighted by molar-refractivity contribution is 7.92. The van der Waals surface area contributed by atoms with Crippen LogP contribution >= 0.6 is 0 Å². The maximum Gasteiger partial charge on any atom is 0.295 e. The minimum atomic E-state index is -3.92. The van der Waals surface area contributed by atoms with Gasteiger partial charge in [0.2, 0.25) is 0 Å². The van der Waals surface area contributed by atoms with Gasteiger partial charge in [-0.15, -0.1) is 0 Å². The number of fused-ring (bicyclic) bond motifs is 2. The molecule has 3 N–H and O–H groups in total. The Hall–Kier alpha value is -3.43. The molecule has 0 fully saturated rings. The average Bonchev–Trinajstić information content (AvgIpc) is 3.32. The van der Waals surface area contributed by atoms with E-state index in [0.29, 0.717) is 29.3 Å². The summed E-state index contributed by atoms with van der Waals surface area (Å²) in [6.07, 6.45) is 4.63. The number of nitrogens with zero attached hydrogens (tertiary/aromatic N) is 4. The van der Waals surface area contributed by atoms with Crippen molar-refractivity contribution in [1.82, 2.24) is 19.8 Å². The van der Waals surface area contributed by atoms with Crippen molar-refractivity contribution in [2.24, 2.45) is 0 Å². The van der Waals surface area contributed by atoms with Gasteiger partial charge in [-0.05, 0) is 23.8 Å². The molecule has 0 atom stereocenters. The van der Waals surface area contributed by atoms with E-state index < -0.39 is 10.0 Å². The third-order valence-corrected chi connectivity index (χ3v) is 6.30. The van der Waals surface area contributed by atoms with Crippen LogP contribution in [0.5, 0.6) is 0 Å². The number of nitrogens with two attached hydrogens (primary N) is 1. The second-order valence-corrected chi connectivity index (χ2v) is 8.18. The molecule has 0 radical (unpaired) electrons. The van der Waals surface area contributed by atoms with Gasteiger partial charge < -0.3 is 5.73 Å². The number of rotatable bonds is 3. The van der Waals surface area contributed by atoms with Gasteiger partial charge >= 0.3 is 0 Å². The van der Waals surface area contributed by atoms with Gasteiger partial charge in [0.15, 0.2) is 5.03 Å². The van der Waals surface area contributed by atoms with Gasteiger partial charge in [-0.2, -0.15) is 12.8 Å². The quantitative estimate of drug-likeness (QED) is 0.554. The molecule has 3 aromatic heterocycles. The number of benzene rings is 1. The van der Waals surface area contributed by atoms with E-state index in [1.807, 2.05) is 36.4 Å². The molecule has 0 saturated heterocycles. The number of imidazole rings is 1. The van der Waals surface area contributed by atoms with E-state index in [4.69, 9.17) is 5.73 Å². The molecular formula is C19H16N6O2S. The van der Waals surface area contributed by atoms with Crippen LogP contribution in [0.25, 0.3) is 16.8 Å². The lowest BCUT2D eigenvalue weighted by atomic mass is 10.1. The molecule has 1 aliphatic rings. The van der Waals surface area contributed by atoms with Crippen LogP contribution < -0.4 is 15.6 Å². The van der Waals surface area contributed by atoms with Gasteiger partial charge in [0.1, 0.15) is 5.65 Å². The van der Waals surface area contributed by atoms with Gasteiger partial charge in [0.05, 0.1) is 24.1 Å². The molecule has 0 unspecified atom stereocenters. The molecule has 4 aromatic rings. The molecule has 1 aliphatic heterocycles. The zero-order valence-electron chi connectivity index (χ0n) is 14.6. The number of pyridine rings is 2. The molecule has 0 spiro atoms. The summed E-state index contributed by atoms with van der Waals surface area (Å²) in [7, 11) is -3.92. The standard InChI is InChI=1S/C19H16N6O2S/c20-15-6-7-18-22-11-19(24(18)12-15)28(26,27)25-17-8-14(9-21-16(17)10-23-25)13-4-2-1-3-5-13/h1-9,11-12,23H,10,20H2. The third kappa shape index (κ3) is 2.52. The largest absolute Gasteiger partial charge is 0.398 e. The Labute approximate surface area is 161 Å². The zero-order valence-corrected chi connectivity index (χ0v) is 15.5. The van der Waals surface area contributed by atoms with Gasteiger partial charge in [0, 0.05) is 23.6 Å². The lowest BCUT2D eigenvalue weighted by Crippen LogP contribution is -2.38. The predicted molar refractivity (Wildman–Crippen MR) is 106 cm³/mol. The molecule has 28 heavy (non-hydrogen) atoms. The summed E-state index contributed by atoms with van der Waals surface area (Å²) < 4.78 is 29.4. The van der Waals surface area contributed by atoms with Crippen LogP contribution in [0.1, 0.15) is 5.69 Å². The van der Waals surface area contributed by atoms with Crippen molar-refractivity contribution in [3.63, 3.8) is 0 Å². The summed E-state index contributed by atoms with van der Waals surface area (Å²) in [5.41, 5.74) is 12.7. The van der Waals surface area contributed by atoms with E-state index in [1.54, 1.807) is 24.5 Å². The molecule has 0 amide bonds. The second kappa shape index (κ2) is 6.04. The van der Waals surface area contributed by atoms with Crippen molar-refractivity contribution in [3.05, 3.63) is 72.8 Å². The van der Waals surface area contributed by atoms with Crippen LogP contribution in [0.2, 0.25) is 0 Å². The summed E-state index contributed by atoms with van der Waals surface area (Å²) in [5.74, 6) is 0. The molecular weight excluding hydrogens is 376 g/mol. The van der Waals surface area contributed by atoms with E-state index in [0.717, 1.165) is 15.5 Å². The first-order chi connectivity index (χ1) is 13.5. The number of hydrazine groups is 1. The maximum absolute atomic E-state index is 13.4. The fourth-order valence-electron chi connectivity index (χ4n) is 3.29. The number of nitrogen functional groups attached to an aromatic ring is 1. The van der Waals surface area contributed by atoms with Crippen molar-refractivity contribution in [3.8, 4) is 11.1 Å². The van der Waals surface area contributed by atoms with Crippen LogP contribution in [0.4, 0.5) is 11.4 Å². The minimum absolute atomic E-state index is 0.0280. The van der Waals surface area contributed by atoms with E-state index >= 15 is 0 Å². The van der Waals surface area contributed by atoms with Crippen LogP contribution in [0.15, 0.2) is 72.1 Å². The van der Waals surface area contributed by atoms with Crippen LogP contribution in [0.3, 0.4) is 0 Å². The number of aromatic nitrogens is 3. The molecule has 140 valence electrons. The maximum atomic E-state index is 13.4. The van der Waals surface area contributed by atoms with Crippen LogP contribution in [0, 0.1) is 0 Å².